The molecular weight excluding hydrogens is 356 g/mol. The molecule has 1 atom stereocenters. The first kappa shape index (κ1) is 16.7. The zero-order valence-corrected chi connectivity index (χ0v) is 14.7. The van der Waals surface area contributed by atoms with Gasteiger partial charge in [0.2, 0.25) is 5.91 Å². The molecule has 6 nitrogen and oxygen atoms in total. The van der Waals surface area contributed by atoms with Gasteiger partial charge in [0.05, 0.1) is 6.04 Å². The molecule has 134 valence electrons. The molecular formula is C19H17ClN2O4. The quantitative estimate of drug-likeness (QED) is 0.899. The Morgan fingerprint density at radius 3 is 2.73 bits per heavy atom. The highest BCUT2D eigenvalue weighted by atomic mass is 35.5. The summed E-state index contributed by atoms with van der Waals surface area (Å²) in [7, 11) is 0. The molecule has 0 spiro atoms. The van der Waals surface area contributed by atoms with Gasteiger partial charge < -0.3 is 19.7 Å². The fraction of sp³-hybridized carbons (Fsp3) is 0.263. The number of nitrogens with one attached hydrogen (secondary N) is 1. The maximum absolute atomic E-state index is 12.4. The van der Waals surface area contributed by atoms with Crippen LogP contribution >= 0.6 is 11.6 Å². The summed E-state index contributed by atoms with van der Waals surface area (Å²) in [5.41, 5.74) is 1.21. The minimum absolute atomic E-state index is 0.0435. The molecule has 26 heavy (non-hydrogen) atoms. The lowest BCUT2D eigenvalue weighted by Crippen LogP contribution is -2.37. The third-order valence-corrected chi connectivity index (χ3v) is 4.62. The zero-order chi connectivity index (χ0) is 18.1. The lowest BCUT2D eigenvalue weighted by molar-refractivity contribution is -0.117. The molecule has 0 saturated carbocycles. The van der Waals surface area contributed by atoms with E-state index in [2.05, 4.69) is 5.32 Å². The number of rotatable bonds is 3. The number of anilines is 1. The van der Waals surface area contributed by atoms with Gasteiger partial charge in [-0.05, 0) is 30.3 Å². The van der Waals surface area contributed by atoms with Gasteiger partial charge in [0.1, 0.15) is 13.2 Å². The van der Waals surface area contributed by atoms with Gasteiger partial charge in [0, 0.05) is 35.3 Å². The Labute approximate surface area is 155 Å². The summed E-state index contributed by atoms with van der Waals surface area (Å²) in [6.45, 7) is 1.42. The molecule has 2 aromatic rings. The second-order valence-electron chi connectivity index (χ2n) is 6.22. The van der Waals surface area contributed by atoms with Gasteiger partial charge >= 0.3 is 0 Å². The van der Waals surface area contributed by atoms with Crippen molar-refractivity contribution in [3.63, 3.8) is 0 Å². The highest BCUT2D eigenvalue weighted by molar-refractivity contribution is 6.31. The molecule has 1 fully saturated rings. The fourth-order valence-corrected chi connectivity index (χ4v) is 3.34. The van der Waals surface area contributed by atoms with Gasteiger partial charge in [0.15, 0.2) is 11.5 Å². The molecule has 2 amide bonds. The van der Waals surface area contributed by atoms with Crippen molar-refractivity contribution in [1.29, 1.82) is 0 Å². The number of nitrogens with zero attached hydrogens (tertiary/aromatic N) is 1. The van der Waals surface area contributed by atoms with Crippen molar-refractivity contribution in [2.24, 2.45) is 0 Å². The van der Waals surface area contributed by atoms with Gasteiger partial charge in [-0.1, -0.05) is 17.7 Å². The van der Waals surface area contributed by atoms with Crippen LogP contribution in [0.25, 0.3) is 0 Å². The molecule has 0 bridgehead atoms. The molecule has 0 aromatic heterocycles. The highest BCUT2D eigenvalue weighted by Crippen LogP contribution is 2.35. The molecule has 2 aliphatic rings. The Kier molecular flexibility index (Phi) is 4.42. The van der Waals surface area contributed by atoms with E-state index < -0.39 is 0 Å². The van der Waals surface area contributed by atoms with Gasteiger partial charge in [-0.3, -0.25) is 9.59 Å². The molecule has 0 aliphatic carbocycles. The summed E-state index contributed by atoms with van der Waals surface area (Å²) in [4.78, 5) is 26.4. The Morgan fingerprint density at radius 2 is 1.92 bits per heavy atom. The standard InChI is InChI=1S/C19H17ClN2O4/c20-13-3-1-2-12(8-13)19(24)21-14-9-18(23)22(11-14)15-4-5-16-17(10-15)26-7-6-25-16/h1-5,8,10,14H,6-7,9,11H2,(H,21,24). The highest BCUT2D eigenvalue weighted by Gasteiger charge is 2.32. The van der Waals surface area contributed by atoms with Crippen LogP contribution in [0.5, 0.6) is 11.5 Å². The van der Waals surface area contributed by atoms with Crippen molar-refractivity contribution in [2.75, 3.05) is 24.7 Å². The summed E-state index contributed by atoms with van der Waals surface area (Å²) < 4.78 is 11.1. The topological polar surface area (TPSA) is 67.9 Å². The first-order valence-electron chi connectivity index (χ1n) is 8.36. The van der Waals surface area contributed by atoms with Gasteiger partial charge in [0.25, 0.3) is 5.91 Å². The second-order valence-corrected chi connectivity index (χ2v) is 6.65. The van der Waals surface area contributed by atoms with Gasteiger partial charge in [-0.25, -0.2) is 0 Å². The van der Waals surface area contributed by atoms with E-state index in [0.29, 0.717) is 41.8 Å². The monoisotopic (exact) mass is 372 g/mol. The molecule has 2 aromatic carbocycles. The van der Waals surface area contributed by atoms with E-state index in [1.165, 1.54) is 0 Å². The number of hydrogen-bond acceptors (Lipinski definition) is 4. The smallest absolute Gasteiger partial charge is 0.251 e. The second kappa shape index (κ2) is 6.88. The van der Waals surface area contributed by atoms with Crippen molar-refractivity contribution < 1.29 is 19.1 Å². The minimum atomic E-state index is -0.262. The Morgan fingerprint density at radius 1 is 1.12 bits per heavy atom. The fourth-order valence-electron chi connectivity index (χ4n) is 3.15. The third kappa shape index (κ3) is 3.32. The number of carbonyl (C=O) groups excluding carboxylic acids is 2. The first-order chi connectivity index (χ1) is 12.6. The summed E-state index contributed by atoms with van der Waals surface area (Å²) in [6, 6.07) is 11.9. The Balaban J connectivity index is 1.46. The summed E-state index contributed by atoms with van der Waals surface area (Å²) >= 11 is 5.93. The maximum atomic E-state index is 12.4. The van der Waals surface area contributed by atoms with E-state index in [9.17, 15) is 9.59 Å². The van der Waals surface area contributed by atoms with Crippen LogP contribution in [-0.4, -0.2) is 37.6 Å². The number of carbonyl (C=O) groups is 2. The predicted octanol–water partition coefficient (Wildman–Crippen LogP) is 2.65. The minimum Gasteiger partial charge on any atom is -0.486 e. The van der Waals surface area contributed by atoms with Crippen molar-refractivity contribution in [3.05, 3.63) is 53.1 Å². The average molecular weight is 373 g/mol. The van der Waals surface area contributed by atoms with Gasteiger partial charge in [-0.2, -0.15) is 0 Å². The largest absolute Gasteiger partial charge is 0.486 e. The molecule has 0 radical (unpaired) electrons. The van der Waals surface area contributed by atoms with Crippen molar-refractivity contribution >= 4 is 29.1 Å². The number of halogens is 1. The Bertz CT molecular complexity index is 870. The molecule has 2 aliphatic heterocycles. The maximum Gasteiger partial charge on any atom is 0.251 e. The summed E-state index contributed by atoms with van der Waals surface area (Å²) in [5.74, 6) is 1.03. The average Bonchev–Trinajstić information content (AvgIpc) is 3.01. The Hall–Kier alpha value is -2.73. The van der Waals surface area contributed by atoms with Crippen molar-refractivity contribution in [2.45, 2.75) is 12.5 Å². The number of ether oxygens (including phenoxy) is 2. The van der Waals surface area contributed by atoms with Crippen molar-refractivity contribution in [3.8, 4) is 11.5 Å². The predicted molar refractivity (Wildman–Crippen MR) is 97.1 cm³/mol. The normalized spacial score (nSPS) is 18.7. The lowest BCUT2D eigenvalue weighted by atomic mass is 10.2. The van der Waals surface area contributed by atoms with E-state index in [1.54, 1.807) is 41.3 Å². The molecule has 1 N–H and O–H groups in total. The van der Waals surface area contributed by atoms with Crippen molar-refractivity contribution in [1.82, 2.24) is 5.32 Å². The number of amides is 2. The SMILES string of the molecule is O=C(NC1CC(=O)N(c2ccc3c(c2)OCCO3)C1)c1cccc(Cl)c1. The van der Waals surface area contributed by atoms with Crippen LogP contribution in [0.2, 0.25) is 5.02 Å². The third-order valence-electron chi connectivity index (χ3n) is 4.38. The van der Waals surface area contributed by atoms with Crippen LogP contribution in [-0.2, 0) is 4.79 Å². The van der Waals surface area contributed by atoms with Crippen LogP contribution in [0.4, 0.5) is 5.69 Å². The van der Waals surface area contributed by atoms with E-state index in [1.807, 2.05) is 6.07 Å². The zero-order valence-electron chi connectivity index (χ0n) is 13.9. The lowest BCUT2D eigenvalue weighted by Gasteiger charge is -2.22. The van der Waals surface area contributed by atoms with E-state index in [0.717, 1.165) is 5.69 Å². The molecule has 2 heterocycles. The van der Waals surface area contributed by atoms with E-state index in [4.69, 9.17) is 21.1 Å². The molecule has 1 saturated heterocycles. The number of fused-ring (bicyclic) bond motifs is 1. The molecule has 7 heteroatoms. The summed E-state index contributed by atoms with van der Waals surface area (Å²) in [6.07, 6.45) is 0.251. The van der Waals surface area contributed by atoms with E-state index in [-0.39, 0.29) is 24.3 Å². The van der Waals surface area contributed by atoms with Crippen LogP contribution in [0.3, 0.4) is 0 Å². The van der Waals surface area contributed by atoms with Gasteiger partial charge in [-0.15, -0.1) is 0 Å². The first-order valence-corrected chi connectivity index (χ1v) is 8.74. The molecule has 4 rings (SSSR count). The van der Waals surface area contributed by atoms with Crippen LogP contribution in [0.15, 0.2) is 42.5 Å². The summed E-state index contributed by atoms with van der Waals surface area (Å²) in [5, 5.41) is 3.40. The van der Waals surface area contributed by atoms with E-state index >= 15 is 0 Å². The number of benzene rings is 2. The van der Waals surface area contributed by atoms with Crippen LogP contribution in [0.1, 0.15) is 16.8 Å². The van der Waals surface area contributed by atoms with Crippen LogP contribution < -0.4 is 19.7 Å². The van der Waals surface area contributed by atoms with Crippen LogP contribution in [0, 0.1) is 0 Å². The molecule has 1 unspecified atom stereocenters. The number of hydrogen-bond donors (Lipinski definition) is 1.